The Hall–Kier alpha value is -1.39. The van der Waals surface area contributed by atoms with Gasteiger partial charge in [-0.1, -0.05) is 24.3 Å². The van der Waals surface area contributed by atoms with Gasteiger partial charge in [0.15, 0.2) is 5.96 Å². The van der Waals surface area contributed by atoms with E-state index in [9.17, 15) is 4.79 Å². The SMILES string of the molecule is CCNC(=NCCCC(=O)N1Cc2ccccc2C1)NC1CCN(CCOC(C)C)CC1.I. The van der Waals surface area contributed by atoms with Crippen molar-refractivity contribution < 1.29 is 9.53 Å². The molecule has 7 nitrogen and oxygen atoms in total. The van der Waals surface area contributed by atoms with E-state index in [0.29, 0.717) is 25.1 Å². The number of carbonyl (C=O) groups excluding carboxylic acids is 1. The number of aliphatic imine (C=N–C) groups is 1. The van der Waals surface area contributed by atoms with E-state index >= 15 is 0 Å². The molecule has 3 rings (SSSR count). The Morgan fingerprint density at radius 3 is 2.45 bits per heavy atom. The summed E-state index contributed by atoms with van der Waals surface area (Å²) in [6, 6.07) is 8.76. The summed E-state index contributed by atoms with van der Waals surface area (Å²) in [5, 5.41) is 6.95. The van der Waals surface area contributed by atoms with Gasteiger partial charge in [-0.05, 0) is 51.2 Å². The van der Waals surface area contributed by atoms with Gasteiger partial charge in [-0.15, -0.1) is 24.0 Å². The molecular formula is C25H42IN5O2. The number of hydrogen-bond donors (Lipinski definition) is 2. The number of piperidine rings is 1. The van der Waals surface area contributed by atoms with E-state index in [1.54, 1.807) is 0 Å². The number of likely N-dealkylation sites (tertiary alicyclic amines) is 1. The summed E-state index contributed by atoms with van der Waals surface area (Å²) in [6.45, 7) is 13.2. The van der Waals surface area contributed by atoms with Crippen molar-refractivity contribution in [3.05, 3.63) is 35.4 Å². The summed E-state index contributed by atoms with van der Waals surface area (Å²) in [7, 11) is 0. The molecule has 1 fully saturated rings. The number of halogens is 1. The van der Waals surface area contributed by atoms with Gasteiger partial charge in [0.05, 0.1) is 12.7 Å². The zero-order chi connectivity index (χ0) is 22.8. The summed E-state index contributed by atoms with van der Waals surface area (Å²) in [5.41, 5.74) is 2.55. The first kappa shape index (κ1) is 27.9. The molecule has 2 aliphatic rings. The van der Waals surface area contributed by atoms with Crippen LogP contribution in [0.2, 0.25) is 0 Å². The fraction of sp³-hybridized carbons (Fsp3) is 0.680. The normalized spacial score (nSPS) is 17.1. The number of nitrogens with one attached hydrogen (secondary N) is 2. The topological polar surface area (TPSA) is 69.2 Å². The maximum Gasteiger partial charge on any atom is 0.223 e. The highest BCUT2D eigenvalue weighted by atomic mass is 127. The van der Waals surface area contributed by atoms with E-state index < -0.39 is 0 Å². The molecule has 33 heavy (non-hydrogen) atoms. The molecule has 2 N–H and O–H groups in total. The number of benzene rings is 1. The third-order valence-electron chi connectivity index (χ3n) is 6.14. The zero-order valence-corrected chi connectivity index (χ0v) is 22.8. The quantitative estimate of drug-likeness (QED) is 0.195. The molecule has 1 aromatic carbocycles. The maximum absolute atomic E-state index is 12.6. The van der Waals surface area contributed by atoms with Gasteiger partial charge in [0.25, 0.3) is 0 Å². The average Bonchev–Trinajstić information content (AvgIpc) is 3.22. The van der Waals surface area contributed by atoms with Crippen molar-refractivity contribution in [1.29, 1.82) is 0 Å². The van der Waals surface area contributed by atoms with Crippen LogP contribution in [0.25, 0.3) is 0 Å². The average molecular weight is 572 g/mol. The van der Waals surface area contributed by atoms with E-state index in [0.717, 1.165) is 71.1 Å². The van der Waals surface area contributed by atoms with Crippen LogP contribution in [0.3, 0.4) is 0 Å². The first-order chi connectivity index (χ1) is 15.5. The molecule has 0 aliphatic carbocycles. The van der Waals surface area contributed by atoms with Crippen LogP contribution in [-0.4, -0.2) is 73.1 Å². The zero-order valence-electron chi connectivity index (χ0n) is 20.5. The molecule has 0 aromatic heterocycles. The van der Waals surface area contributed by atoms with Crippen molar-refractivity contribution >= 4 is 35.8 Å². The molecule has 0 unspecified atom stereocenters. The number of nitrogens with zero attached hydrogens (tertiary/aromatic N) is 3. The van der Waals surface area contributed by atoms with Gasteiger partial charge in [-0.3, -0.25) is 9.79 Å². The van der Waals surface area contributed by atoms with Crippen LogP contribution in [0.5, 0.6) is 0 Å². The van der Waals surface area contributed by atoms with E-state index in [1.165, 1.54) is 11.1 Å². The summed E-state index contributed by atoms with van der Waals surface area (Å²) < 4.78 is 5.68. The van der Waals surface area contributed by atoms with Crippen LogP contribution in [0, 0.1) is 0 Å². The largest absolute Gasteiger partial charge is 0.377 e. The number of hydrogen-bond acceptors (Lipinski definition) is 4. The number of guanidine groups is 1. The van der Waals surface area contributed by atoms with Gasteiger partial charge < -0.3 is 25.2 Å². The fourth-order valence-corrected chi connectivity index (χ4v) is 4.32. The maximum atomic E-state index is 12.6. The molecule has 2 aliphatic heterocycles. The minimum atomic E-state index is 0. The molecule has 0 spiro atoms. The Balaban J connectivity index is 0.00000385. The predicted octanol–water partition coefficient (Wildman–Crippen LogP) is 3.37. The number of rotatable bonds is 10. The molecule has 1 saturated heterocycles. The standard InChI is InChI=1S/C25H41N5O2.HI/c1-4-26-25(28-23-11-14-29(15-12-23)16-17-32-20(2)3)27-13-7-10-24(31)30-18-21-8-5-6-9-22(21)19-30;/h5-6,8-9,20,23H,4,7,10-19H2,1-3H3,(H2,26,27,28);1H. The number of ether oxygens (including phenoxy) is 1. The lowest BCUT2D eigenvalue weighted by molar-refractivity contribution is -0.131. The molecule has 186 valence electrons. The van der Waals surface area contributed by atoms with Crippen molar-refractivity contribution in [3.8, 4) is 0 Å². The van der Waals surface area contributed by atoms with Crippen LogP contribution in [0.4, 0.5) is 0 Å². The van der Waals surface area contributed by atoms with Gasteiger partial charge in [0, 0.05) is 58.3 Å². The van der Waals surface area contributed by atoms with Crippen LogP contribution >= 0.6 is 24.0 Å². The van der Waals surface area contributed by atoms with Crippen molar-refractivity contribution in [1.82, 2.24) is 20.4 Å². The predicted molar refractivity (Wildman–Crippen MR) is 145 cm³/mol. The first-order valence-corrected chi connectivity index (χ1v) is 12.3. The van der Waals surface area contributed by atoms with Crippen LogP contribution < -0.4 is 10.6 Å². The Bertz CT molecular complexity index is 725. The van der Waals surface area contributed by atoms with Crippen LogP contribution in [-0.2, 0) is 22.6 Å². The van der Waals surface area contributed by atoms with Gasteiger partial charge in [-0.25, -0.2) is 0 Å². The Labute approximate surface area is 216 Å². The first-order valence-electron chi connectivity index (χ1n) is 12.3. The molecule has 0 saturated carbocycles. The van der Waals surface area contributed by atoms with Gasteiger partial charge in [0.2, 0.25) is 5.91 Å². The highest BCUT2D eigenvalue weighted by Crippen LogP contribution is 2.22. The second kappa shape index (κ2) is 14.8. The van der Waals surface area contributed by atoms with Gasteiger partial charge >= 0.3 is 0 Å². The van der Waals surface area contributed by atoms with E-state index in [1.807, 2.05) is 17.0 Å². The Morgan fingerprint density at radius 1 is 1.18 bits per heavy atom. The van der Waals surface area contributed by atoms with Crippen molar-refractivity contribution in [2.24, 2.45) is 4.99 Å². The molecule has 1 aromatic rings. The second-order valence-corrected chi connectivity index (χ2v) is 9.06. The Morgan fingerprint density at radius 2 is 1.85 bits per heavy atom. The van der Waals surface area contributed by atoms with Crippen LogP contribution in [0.1, 0.15) is 57.6 Å². The molecule has 1 amide bonds. The number of fused-ring (bicyclic) bond motifs is 1. The molecule has 0 atom stereocenters. The van der Waals surface area contributed by atoms with Crippen molar-refractivity contribution in [2.75, 3.05) is 39.3 Å². The highest BCUT2D eigenvalue weighted by molar-refractivity contribution is 14.0. The molecule has 8 heteroatoms. The lowest BCUT2D eigenvalue weighted by Crippen LogP contribution is -2.49. The van der Waals surface area contributed by atoms with E-state index in [2.05, 4.69) is 48.4 Å². The lowest BCUT2D eigenvalue weighted by atomic mass is 10.1. The number of amides is 1. The minimum Gasteiger partial charge on any atom is -0.377 e. The van der Waals surface area contributed by atoms with Gasteiger partial charge in [-0.2, -0.15) is 0 Å². The van der Waals surface area contributed by atoms with E-state index in [-0.39, 0.29) is 29.9 Å². The summed E-state index contributed by atoms with van der Waals surface area (Å²) in [4.78, 5) is 21.7. The van der Waals surface area contributed by atoms with Gasteiger partial charge in [0.1, 0.15) is 0 Å². The molecule has 2 heterocycles. The summed E-state index contributed by atoms with van der Waals surface area (Å²) >= 11 is 0. The third kappa shape index (κ3) is 9.41. The second-order valence-electron chi connectivity index (χ2n) is 9.06. The van der Waals surface area contributed by atoms with Crippen molar-refractivity contribution in [3.63, 3.8) is 0 Å². The van der Waals surface area contributed by atoms with Crippen LogP contribution in [0.15, 0.2) is 29.3 Å². The Kier molecular flexibility index (Phi) is 12.5. The third-order valence-corrected chi connectivity index (χ3v) is 6.14. The van der Waals surface area contributed by atoms with E-state index in [4.69, 9.17) is 9.73 Å². The van der Waals surface area contributed by atoms with Crippen molar-refractivity contribution in [2.45, 2.75) is 71.7 Å². The highest BCUT2D eigenvalue weighted by Gasteiger charge is 2.22. The minimum absolute atomic E-state index is 0. The molecular weight excluding hydrogens is 529 g/mol. The summed E-state index contributed by atoms with van der Waals surface area (Å²) in [6.07, 6.45) is 3.85. The molecule has 0 radical (unpaired) electrons. The molecule has 0 bridgehead atoms. The monoisotopic (exact) mass is 571 g/mol. The summed E-state index contributed by atoms with van der Waals surface area (Å²) in [5.74, 6) is 1.10. The fourth-order valence-electron chi connectivity index (χ4n) is 4.32. The smallest absolute Gasteiger partial charge is 0.223 e. The number of carbonyl (C=O) groups is 1. The lowest BCUT2D eigenvalue weighted by Gasteiger charge is -2.33.